The van der Waals surface area contributed by atoms with Crippen molar-refractivity contribution in [2.24, 2.45) is 0 Å². The molecule has 1 saturated heterocycles. The molecule has 0 saturated carbocycles. The van der Waals surface area contributed by atoms with Crippen LogP contribution in [0.15, 0.2) is 30.3 Å². The number of carbonyl (C=O) groups is 1. The van der Waals surface area contributed by atoms with Gasteiger partial charge in [0.05, 0.1) is 0 Å². The summed E-state index contributed by atoms with van der Waals surface area (Å²) in [5.74, 6) is -0.738. The molecule has 1 aliphatic heterocycles. The molecule has 0 aliphatic carbocycles. The Morgan fingerprint density at radius 2 is 2.19 bits per heavy atom. The lowest BCUT2D eigenvalue weighted by Gasteiger charge is -2.22. The zero-order valence-corrected chi connectivity index (χ0v) is 9.10. The first-order valence-electron chi connectivity index (χ1n) is 5.54. The molecule has 1 atom stereocenters. The maximum Gasteiger partial charge on any atom is 0.322 e. The van der Waals surface area contributed by atoms with E-state index in [0.29, 0.717) is 6.54 Å². The van der Waals surface area contributed by atoms with Crippen LogP contribution in [-0.4, -0.2) is 28.7 Å². The normalized spacial score (nSPS) is 21.1. The number of carboxylic acids is 1. The van der Waals surface area contributed by atoms with E-state index in [2.05, 4.69) is 5.43 Å². The Labute approximate surface area is 94.9 Å². The van der Waals surface area contributed by atoms with E-state index in [1.54, 1.807) is 0 Å². The summed E-state index contributed by atoms with van der Waals surface area (Å²) in [6, 6.07) is 9.62. The minimum atomic E-state index is -0.738. The molecule has 0 radical (unpaired) electrons. The lowest BCUT2D eigenvalue weighted by atomic mass is 10.2. The van der Waals surface area contributed by atoms with Gasteiger partial charge >= 0.3 is 5.97 Å². The smallest absolute Gasteiger partial charge is 0.322 e. The van der Waals surface area contributed by atoms with Crippen LogP contribution < -0.4 is 5.43 Å². The maximum absolute atomic E-state index is 10.9. The minimum absolute atomic E-state index is 0.372. The molecular weight excluding hydrogens is 204 g/mol. The second-order valence-electron chi connectivity index (χ2n) is 4.01. The van der Waals surface area contributed by atoms with Crippen molar-refractivity contribution >= 4 is 5.97 Å². The van der Waals surface area contributed by atoms with Crippen molar-refractivity contribution in [2.75, 3.05) is 6.54 Å². The van der Waals surface area contributed by atoms with Gasteiger partial charge in [0.2, 0.25) is 0 Å². The summed E-state index contributed by atoms with van der Waals surface area (Å²) in [6.07, 6.45) is 1.68. The number of hydrazine groups is 1. The van der Waals surface area contributed by atoms with E-state index in [-0.39, 0.29) is 6.04 Å². The van der Waals surface area contributed by atoms with Gasteiger partial charge in [-0.15, -0.1) is 0 Å². The summed E-state index contributed by atoms with van der Waals surface area (Å²) >= 11 is 0. The molecule has 2 N–H and O–H groups in total. The molecule has 1 aliphatic rings. The third kappa shape index (κ3) is 2.59. The van der Waals surface area contributed by atoms with Gasteiger partial charge in [-0.2, -0.15) is 0 Å². The van der Waals surface area contributed by atoms with Crippen LogP contribution in [0.2, 0.25) is 0 Å². The molecule has 2 rings (SSSR count). The minimum Gasteiger partial charge on any atom is -0.480 e. The number of carboxylic acid groups (broad SMARTS) is 1. The Hall–Kier alpha value is -1.39. The molecule has 1 heterocycles. The molecule has 0 amide bonds. The molecule has 4 heteroatoms. The van der Waals surface area contributed by atoms with Gasteiger partial charge in [0, 0.05) is 13.1 Å². The summed E-state index contributed by atoms with van der Waals surface area (Å²) in [5.41, 5.74) is 4.35. The van der Waals surface area contributed by atoms with E-state index in [4.69, 9.17) is 5.11 Å². The number of hydrogen-bond acceptors (Lipinski definition) is 3. The number of nitrogens with one attached hydrogen (secondary N) is 1. The summed E-state index contributed by atoms with van der Waals surface area (Å²) in [6.45, 7) is 1.49. The van der Waals surface area contributed by atoms with Gasteiger partial charge in [-0.25, -0.2) is 10.4 Å². The van der Waals surface area contributed by atoms with Crippen LogP contribution in [0.1, 0.15) is 18.4 Å². The molecule has 0 spiro atoms. The Bertz CT molecular complexity index is 353. The van der Waals surface area contributed by atoms with Gasteiger partial charge in [0.1, 0.15) is 6.04 Å². The van der Waals surface area contributed by atoms with Crippen molar-refractivity contribution in [2.45, 2.75) is 25.4 Å². The molecule has 86 valence electrons. The van der Waals surface area contributed by atoms with E-state index >= 15 is 0 Å². The van der Waals surface area contributed by atoms with Crippen molar-refractivity contribution in [3.05, 3.63) is 35.9 Å². The number of rotatable bonds is 4. The molecule has 1 aromatic carbocycles. The predicted octanol–water partition coefficient (Wildman–Crippen LogP) is 1.24. The van der Waals surface area contributed by atoms with E-state index in [1.807, 2.05) is 35.3 Å². The second kappa shape index (κ2) is 5.09. The highest BCUT2D eigenvalue weighted by Gasteiger charge is 2.29. The standard InChI is InChI=1S/C12H16N2O2/c15-12(16)11-7-4-8-14(11)13-9-10-5-2-1-3-6-10/h1-3,5-6,11,13H,4,7-9H2,(H,15,16). The molecule has 1 unspecified atom stereocenters. The molecule has 4 nitrogen and oxygen atoms in total. The third-order valence-electron chi connectivity index (χ3n) is 2.87. The van der Waals surface area contributed by atoms with E-state index < -0.39 is 5.97 Å². The Morgan fingerprint density at radius 1 is 1.44 bits per heavy atom. The molecule has 1 aromatic rings. The highest BCUT2D eigenvalue weighted by atomic mass is 16.4. The monoisotopic (exact) mass is 220 g/mol. The van der Waals surface area contributed by atoms with Gasteiger partial charge in [-0.05, 0) is 18.4 Å². The maximum atomic E-state index is 10.9. The largest absolute Gasteiger partial charge is 0.480 e. The number of benzene rings is 1. The van der Waals surface area contributed by atoms with Crippen molar-refractivity contribution in [1.82, 2.24) is 10.4 Å². The van der Waals surface area contributed by atoms with E-state index in [0.717, 1.165) is 19.4 Å². The van der Waals surface area contributed by atoms with Crippen LogP contribution in [-0.2, 0) is 11.3 Å². The van der Waals surface area contributed by atoms with E-state index in [9.17, 15) is 4.79 Å². The summed E-state index contributed by atoms with van der Waals surface area (Å²) < 4.78 is 0. The van der Waals surface area contributed by atoms with Crippen LogP contribution in [0, 0.1) is 0 Å². The van der Waals surface area contributed by atoms with Crippen molar-refractivity contribution in [1.29, 1.82) is 0 Å². The number of nitrogens with zero attached hydrogens (tertiary/aromatic N) is 1. The van der Waals surface area contributed by atoms with Crippen LogP contribution in [0.25, 0.3) is 0 Å². The Balaban J connectivity index is 1.88. The summed E-state index contributed by atoms with van der Waals surface area (Å²) in [5, 5.41) is 10.8. The van der Waals surface area contributed by atoms with Crippen LogP contribution in [0.4, 0.5) is 0 Å². The lowest BCUT2D eigenvalue weighted by molar-refractivity contribution is -0.143. The van der Waals surface area contributed by atoms with Gasteiger partial charge in [0.25, 0.3) is 0 Å². The number of hydrogen-bond donors (Lipinski definition) is 2. The average molecular weight is 220 g/mol. The van der Waals surface area contributed by atoms with Crippen LogP contribution in [0.3, 0.4) is 0 Å². The first-order valence-corrected chi connectivity index (χ1v) is 5.54. The first-order chi connectivity index (χ1) is 7.77. The molecule has 16 heavy (non-hydrogen) atoms. The van der Waals surface area contributed by atoms with Crippen molar-refractivity contribution in [3.63, 3.8) is 0 Å². The van der Waals surface area contributed by atoms with E-state index in [1.165, 1.54) is 5.56 Å². The van der Waals surface area contributed by atoms with Crippen LogP contribution in [0.5, 0.6) is 0 Å². The van der Waals surface area contributed by atoms with Crippen molar-refractivity contribution in [3.8, 4) is 0 Å². The van der Waals surface area contributed by atoms with Gasteiger partial charge in [-0.3, -0.25) is 4.79 Å². The SMILES string of the molecule is O=C(O)C1CCCN1NCc1ccccc1. The summed E-state index contributed by atoms with van der Waals surface area (Å²) in [7, 11) is 0. The highest BCUT2D eigenvalue weighted by molar-refractivity contribution is 5.73. The Morgan fingerprint density at radius 3 is 2.88 bits per heavy atom. The second-order valence-corrected chi connectivity index (χ2v) is 4.01. The zero-order chi connectivity index (χ0) is 11.4. The molecule has 1 fully saturated rings. The van der Waals surface area contributed by atoms with Crippen molar-refractivity contribution < 1.29 is 9.90 Å². The topological polar surface area (TPSA) is 52.6 Å². The zero-order valence-electron chi connectivity index (χ0n) is 9.10. The summed E-state index contributed by atoms with van der Waals surface area (Å²) in [4.78, 5) is 10.9. The van der Waals surface area contributed by atoms with Crippen LogP contribution >= 0.6 is 0 Å². The van der Waals surface area contributed by atoms with Gasteiger partial charge in [-0.1, -0.05) is 30.3 Å². The fraction of sp³-hybridized carbons (Fsp3) is 0.417. The van der Waals surface area contributed by atoms with Gasteiger partial charge < -0.3 is 5.11 Å². The number of aliphatic carboxylic acids is 1. The Kier molecular flexibility index (Phi) is 3.54. The first kappa shape index (κ1) is 11.1. The molecular formula is C12H16N2O2. The van der Waals surface area contributed by atoms with Gasteiger partial charge in [0.15, 0.2) is 0 Å². The molecule has 0 aromatic heterocycles. The fourth-order valence-electron chi connectivity index (χ4n) is 2.00. The highest BCUT2D eigenvalue weighted by Crippen LogP contribution is 2.15. The predicted molar refractivity (Wildman–Crippen MR) is 60.6 cm³/mol. The molecule has 0 bridgehead atoms. The lowest BCUT2D eigenvalue weighted by Crippen LogP contribution is -2.45. The third-order valence-corrected chi connectivity index (χ3v) is 2.87. The quantitative estimate of drug-likeness (QED) is 0.801. The average Bonchev–Trinajstić information content (AvgIpc) is 2.76. The fourth-order valence-corrected chi connectivity index (χ4v) is 2.00.